The third-order valence-corrected chi connectivity index (χ3v) is 9.79. The Morgan fingerprint density at radius 1 is 1.26 bits per heavy atom. The number of fused-ring (bicyclic) bond motifs is 1. The molecule has 3 unspecified atom stereocenters. The van der Waals surface area contributed by atoms with Crippen molar-refractivity contribution in [2.45, 2.75) is 87.6 Å². The van der Waals surface area contributed by atoms with Crippen molar-refractivity contribution in [3.8, 4) is 11.5 Å². The first-order valence-corrected chi connectivity index (χ1v) is 12.1. The molecule has 1 saturated heterocycles. The molecule has 4 aliphatic carbocycles. The molecule has 5 heteroatoms. The number of hydrogen-bond acceptors (Lipinski definition) is 5. The summed E-state index contributed by atoms with van der Waals surface area (Å²) in [4.78, 5) is 2.47. The maximum absolute atomic E-state index is 12.2. The summed E-state index contributed by atoms with van der Waals surface area (Å²) >= 11 is 0. The summed E-state index contributed by atoms with van der Waals surface area (Å²) in [6.45, 7) is 5.03. The van der Waals surface area contributed by atoms with Crippen LogP contribution in [0.4, 0.5) is 0 Å². The standard InChI is InChI=1S/C26H35NO4/c1-4-5-6-9-23(2,29)18-15-24-10-11-26(18,30)22-25(24)12-13-27(3)19(24)14-16-7-8-17(28)21(31-22)20(16)25/h7-8,10-11,18-19,22,28-30H,4-6,9,12-15H2,1-3H3/t18?,19-,22-,23?,24?,25+,26+/m1/s1. The predicted molar refractivity (Wildman–Crippen MR) is 118 cm³/mol. The SMILES string of the molecule is CCCCCC(C)(O)C1CC23C=C[C@@]1(O)[C@@H]1Oc4c(O)ccc5c4[C@@]12CCN(C)[C@@H]3C5. The van der Waals surface area contributed by atoms with Gasteiger partial charge in [0.1, 0.15) is 11.7 Å². The molecule has 7 atom stereocenters. The van der Waals surface area contributed by atoms with Crippen LogP contribution in [0.25, 0.3) is 0 Å². The molecule has 6 aliphatic rings. The van der Waals surface area contributed by atoms with Crippen LogP contribution in [0, 0.1) is 11.3 Å². The minimum atomic E-state index is -1.25. The fourth-order valence-corrected chi connectivity index (χ4v) is 8.38. The first-order valence-electron chi connectivity index (χ1n) is 12.1. The van der Waals surface area contributed by atoms with Gasteiger partial charge in [-0.05, 0) is 57.8 Å². The third kappa shape index (κ3) is 2.14. The Bertz CT molecular complexity index is 972. The molecule has 0 aromatic heterocycles. The number of rotatable bonds is 5. The fourth-order valence-electron chi connectivity index (χ4n) is 8.38. The summed E-state index contributed by atoms with van der Waals surface area (Å²) in [5.74, 6) is 0.444. The van der Waals surface area contributed by atoms with Crippen molar-refractivity contribution in [3.63, 3.8) is 0 Å². The topological polar surface area (TPSA) is 73.2 Å². The average molecular weight is 426 g/mol. The summed E-state index contributed by atoms with van der Waals surface area (Å²) < 4.78 is 6.55. The number of aromatic hydroxyl groups is 1. The van der Waals surface area contributed by atoms with Gasteiger partial charge in [0, 0.05) is 22.9 Å². The van der Waals surface area contributed by atoms with E-state index in [1.165, 1.54) is 5.56 Å². The van der Waals surface area contributed by atoms with E-state index in [2.05, 4.69) is 31.0 Å². The Hall–Kier alpha value is -1.56. The predicted octanol–water partition coefficient (Wildman–Crippen LogP) is 3.29. The van der Waals surface area contributed by atoms with Crippen molar-refractivity contribution in [3.05, 3.63) is 35.4 Å². The zero-order valence-electron chi connectivity index (χ0n) is 18.9. The molecular formula is C26H35NO4. The molecular weight excluding hydrogens is 390 g/mol. The van der Waals surface area contributed by atoms with Crippen molar-refractivity contribution in [1.29, 1.82) is 0 Å². The molecule has 2 spiro atoms. The summed E-state index contributed by atoms with van der Waals surface area (Å²) in [5.41, 5.74) is -0.400. The molecule has 1 saturated carbocycles. The third-order valence-electron chi connectivity index (χ3n) is 9.79. The maximum atomic E-state index is 12.2. The second kappa shape index (κ2) is 6.06. The number of phenolic OH excluding ortho intramolecular Hbond substituents is 1. The molecule has 5 nitrogen and oxygen atoms in total. The van der Waals surface area contributed by atoms with Gasteiger partial charge in [-0.25, -0.2) is 0 Å². The van der Waals surface area contributed by atoms with Crippen LogP contribution in [-0.2, 0) is 11.8 Å². The van der Waals surface area contributed by atoms with E-state index in [1.54, 1.807) is 6.07 Å². The molecule has 2 aliphatic heterocycles. The van der Waals surface area contributed by atoms with Crippen LogP contribution < -0.4 is 4.74 Å². The van der Waals surface area contributed by atoms with Crippen LogP contribution in [0.15, 0.2) is 24.3 Å². The van der Waals surface area contributed by atoms with E-state index >= 15 is 0 Å². The molecule has 7 rings (SSSR count). The number of likely N-dealkylation sites (tertiary alicyclic amines) is 1. The van der Waals surface area contributed by atoms with E-state index in [1.807, 2.05) is 13.0 Å². The van der Waals surface area contributed by atoms with Gasteiger partial charge in [-0.15, -0.1) is 0 Å². The molecule has 0 amide bonds. The largest absolute Gasteiger partial charge is 0.504 e. The number of benzene rings is 1. The van der Waals surface area contributed by atoms with Crippen LogP contribution in [0.5, 0.6) is 11.5 Å². The first kappa shape index (κ1) is 20.1. The minimum Gasteiger partial charge on any atom is -0.504 e. The number of likely N-dealkylation sites (N-methyl/N-ethyl adjacent to an activating group) is 1. The first-order chi connectivity index (χ1) is 14.7. The monoisotopic (exact) mass is 425 g/mol. The number of hydrogen-bond donors (Lipinski definition) is 3. The van der Waals surface area contributed by atoms with Crippen molar-refractivity contribution in [2.24, 2.45) is 11.3 Å². The van der Waals surface area contributed by atoms with Crippen LogP contribution in [0.1, 0.15) is 63.5 Å². The Kier molecular flexibility index (Phi) is 3.93. The van der Waals surface area contributed by atoms with E-state index in [0.717, 1.165) is 50.6 Å². The summed E-state index contributed by atoms with van der Waals surface area (Å²) in [5, 5.41) is 34.6. The molecule has 2 heterocycles. The summed E-state index contributed by atoms with van der Waals surface area (Å²) in [6.07, 6.45) is 10.1. The zero-order chi connectivity index (χ0) is 21.8. The number of unbranched alkanes of at least 4 members (excludes halogenated alkanes) is 2. The van der Waals surface area contributed by atoms with Crippen molar-refractivity contribution < 1.29 is 20.1 Å². The maximum Gasteiger partial charge on any atom is 0.165 e. The highest BCUT2D eigenvalue weighted by molar-refractivity contribution is 5.65. The van der Waals surface area contributed by atoms with Gasteiger partial charge < -0.3 is 25.0 Å². The summed E-state index contributed by atoms with van der Waals surface area (Å²) in [7, 11) is 2.21. The Morgan fingerprint density at radius 3 is 2.84 bits per heavy atom. The van der Waals surface area contributed by atoms with Crippen LogP contribution in [-0.4, -0.2) is 57.2 Å². The van der Waals surface area contributed by atoms with Gasteiger partial charge in [0.15, 0.2) is 11.5 Å². The lowest BCUT2D eigenvalue weighted by molar-refractivity contribution is -0.238. The fraction of sp³-hybridized carbons (Fsp3) is 0.692. The smallest absolute Gasteiger partial charge is 0.165 e. The van der Waals surface area contributed by atoms with Gasteiger partial charge in [0.2, 0.25) is 0 Å². The number of piperidine rings is 1. The zero-order valence-corrected chi connectivity index (χ0v) is 18.9. The van der Waals surface area contributed by atoms with E-state index < -0.39 is 17.3 Å². The van der Waals surface area contributed by atoms with E-state index in [-0.39, 0.29) is 22.5 Å². The van der Waals surface area contributed by atoms with E-state index in [0.29, 0.717) is 18.2 Å². The van der Waals surface area contributed by atoms with Gasteiger partial charge >= 0.3 is 0 Å². The van der Waals surface area contributed by atoms with Gasteiger partial charge in [-0.2, -0.15) is 0 Å². The number of aliphatic hydroxyl groups is 2. The molecule has 3 N–H and O–H groups in total. The summed E-state index contributed by atoms with van der Waals surface area (Å²) in [6, 6.07) is 4.09. The van der Waals surface area contributed by atoms with Crippen molar-refractivity contribution in [2.75, 3.05) is 13.6 Å². The molecule has 4 bridgehead atoms. The van der Waals surface area contributed by atoms with Gasteiger partial charge in [-0.1, -0.05) is 44.4 Å². The molecule has 2 fully saturated rings. The molecule has 1 aromatic carbocycles. The lowest BCUT2D eigenvalue weighted by atomic mass is 9.36. The van der Waals surface area contributed by atoms with Gasteiger partial charge in [0.25, 0.3) is 0 Å². The molecule has 0 radical (unpaired) electrons. The Morgan fingerprint density at radius 2 is 2.06 bits per heavy atom. The lowest BCUT2D eigenvalue weighted by Crippen LogP contribution is -2.80. The van der Waals surface area contributed by atoms with Gasteiger partial charge in [0.05, 0.1) is 11.0 Å². The minimum absolute atomic E-state index is 0.171. The van der Waals surface area contributed by atoms with Crippen molar-refractivity contribution >= 4 is 0 Å². The van der Waals surface area contributed by atoms with E-state index in [9.17, 15) is 15.3 Å². The molecule has 31 heavy (non-hydrogen) atoms. The highest BCUT2D eigenvalue weighted by Crippen LogP contribution is 2.74. The second-order valence-electron chi connectivity index (χ2n) is 11.2. The van der Waals surface area contributed by atoms with Crippen molar-refractivity contribution in [1.82, 2.24) is 4.90 Å². The number of nitrogens with zero attached hydrogens (tertiary/aromatic N) is 1. The quantitative estimate of drug-likeness (QED) is 0.499. The number of phenols is 1. The highest BCUT2D eigenvalue weighted by Gasteiger charge is 2.79. The molecule has 168 valence electrons. The Labute approximate surface area is 184 Å². The highest BCUT2D eigenvalue weighted by atomic mass is 16.5. The van der Waals surface area contributed by atoms with Gasteiger partial charge in [-0.3, -0.25) is 0 Å². The normalized spacial score (nSPS) is 43.5. The average Bonchev–Trinajstić information content (AvgIpc) is 3.10. The Balaban J connectivity index is 1.55. The van der Waals surface area contributed by atoms with Crippen LogP contribution in [0.3, 0.4) is 0 Å². The van der Waals surface area contributed by atoms with Crippen LogP contribution >= 0.6 is 0 Å². The second-order valence-corrected chi connectivity index (χ2v) is 11.2. The number of ether oxygens (including phenoxy) is 1. The van der Waals surface area contributed by atoms with E-state index in [4.69, 9.17) is 4.74 Å². The van der Waals surface area contributed by atoms with Crippen LogP contribution in [0.2, 0.25) is 0 Å². The molecule has 1 aromatic rings. The lowest BCUT2D eigenvalue weighted by Gasteiger charge is -2.71.